The molecule has 2 aromatic carbocycles. The summed E-state index contributed by atoms with van der Waals surface area (Å²) in [6.07, 6.45) is 1.42. The van der Waals surface area contributed by atoms with Gasteiger partial charge < -0.3 is 14.8 Å². The Kier molecular flexibility index (Phi) is 5.60. The van der Waals surface area contributed by atoms with Crippen LogP contribution in [0, 0.1) is 13.8 Å². The van der Waals surface area contributed by atoms with Gasteiger partial charge in [0.1, 0.15) is 5.70 Å². The van der Waals surface area contributed by atoms with Gasteiger partial charge in [0.25, 0.3) is 5.91 Å². The molecule has 1 N–H and O–H groups in total. The number of hydrogen-bond donors (Lipinski definition) is 1. The Labute approximate surface area is 166 Å². The lowest BCUT2D eigenvalue weighted by molar-refractivity contribution is -0.113. The molecule has 146 valence electrons. The monoisotopic (exact) mass is 404 g/mol. The van der Waals surface area contributed by atoms with Gasteiger partial charge >= 0.3 is 6.61 Å². The standard InChI is InChI=1S/C20H18F2N2O3S/c1-11-7-8-15(12(2)9-11)24-18(25)14(23-20(24)28)10-13-5-4-6-16(26-3)17(13)27-19(21)22/h4-10,19H,1-3H3,(H,23,28)/b14-10-. The van der Waals surface area contributed by atoms with Gasteiger partial charge in [-0.1, -0.05) is 29.8 Å². The van der Waals surface area contributed by atoms with Crippen molar-refractivity contribution in [3.8, 4) is 11.5 Å². The number of methoxy groups -OCH3 is 1. The van der Waals surface area contributed by atoms with Gasteiger partial charge in [-0.05, 0) is 49.8 Å². The fourth-order valence-corrected chi connectivity index (χ4v) is 3.28. The second kappa shape index (κ2) is 7.93. The first-order valence-corrected chi connectivity index (χ1v) is 8.79. The second-order valence-corrected chi connectivity index (χ2v) is 6.56. The Balaban J connectivity index is 2.01. The van der Waals surface area contributed by atoms with Crippen LogP contribution in [0.5, 0.6) is 11.5 Å². The van der Waals surface area contributed by atoms with Crippen LogP contribution in [0.2, 0.25) is 0 Å². The summed E-state index contributed by atoms with van der Waals surface area (Å²) < 4.78 is 35.3. The van der Waals surface area contributed by atoms with Gasteiger partial charge in [-0.2, -0.15) is 8.78 Å². The summed E-state index contributed by atoms with van der Waals surface area (Å²) in [5.74, 6) is -0.408. The summed E-state index contributed by atoms with van der Waals surface area (Å²) in [4.78, 5) is 14.3. The van der Waals surface area contributed by atoms with Crippen LogP contribution in [0.25, 0.3) is 6.08 Å². The first kappa shape index (κ1) is 19.8. The van der Waals surface area contributed by atoms with Crippen molar-refractivity contribution in [3.05, 3.63) is 58.8 Å². The average Bonchev–Trinajstić information content (AvgIpc) is 2.90. The minimum atomic E-state index is -3.03. The first-order valence-electron chi connectivity index (χ1n) is 8.38. The molecule has 1 heterocycles. The summed E-state index contributed by atoms with van der Waals surface area (Å²) in [5.41, 5.74) is 3.03. The van der Waals surface area contributed by atoms with Crippen molar-refractivity contribution in [3.63, 3.8) is 0 Å². The number of thiocarbonyl (C=S) groups is 1. The third kappa shape index (κ3) is 3.82. The van der Waals surface area contributed by atoms with Crippen molar-refractivity contribution in [2.24, 2.45) is 0 Å². The van der Waals surface area contributed by atoms with E-state index >= 15 is 0 Å². The minimum Gasteiger partial charge on any atom is -0.493 e. The second-order valence-electron chi connectivity index (χ2n) is 6.18. The van der Waals surface area contributed by atoms with Gasteiger partial charge in [-0.15, -0.1) is 0 Å². The molecule has 0 spiro atoms. The molecule has 0 saturated carbocycles. The van der Waals surface area contributed by atoms with E-state index in [1.807, 2.05) is 32.0 Å². The van der Waals surface area contributed by atoms with Crippen LogP contribution in [0.4, 0.5) is 14.5 Å². The first-order chi connectivity index (χ1) is 13.3. The predicted octanol–water partition coefficient (Wildman–Crippen LogP) is 4.18. The molecule has 1 fully saturated rings. The number of amides is 1. The molecule has 28 heavy (non-hydrogen) atoms. The number of aryl methyl sites for hydroxylation is 2. The topological polar surface area (TPSA) is 50.8 Å². The zero-order chi connectivity index (χ0) is 20.4. The summed E-state index contributed by atoms with van der Waals surface area (Å²) >= 11 is 5.31. The van der Waals surface area contributed by atoms with Crippen LogP contribution >= 0.6 is 12.2 Å². The quantitative estimate of drug-likeness (QED) is 0.599. The maximum atomic E-state index is 12.9. The van der Waals surface area contributed by atoms with E-state index in [1.165, 1.54) is 24.2 Å². The highest BCUT2D eigenvalue weighted by molar-refractivity contribution is 7.80. The highest BCUT2D eigenvalue weighted by Gasteiger charge is 2.33. The Bertz CT molecular complexity index is 976. The van der Waals surface area contributed by atoms with Gasteiger partial charge in [0.2, 0.25) is 0 Å². The molecule has 0 atom stereocenters. The van der Waals surface area contributed by atoms with Gasteiger partial charge in [0.15, 0.2) is 16.6 Å². The van der Waals surface area contributed by atoms with Gasteiger partial charge in [-0.3, -0.25) is 9.69 Å². The number of rotatable bonds is 5. The number of nitrogens with zero attached hydrogens (tertiary/aromatic N) is 1. The Morgan fingerprint density at radius 2 is 1.96 bits per heavy atom. The minimum absolute atomic E-state index is 0.133. The highest BCUT2D eigenvalue weighted by Crippen LogP contribution is 2.35. The molecule has 1 amide bonds. The van der Waals surface area contributed by atoms with Crippen molar-refractivity contribution in [2.75, 3.05) is 12.0 Å². The van der Waals surface area contributed by atoms with Crippen LogP contribution in [0.15, 0.2) is 42.1 Å². The zero-order valence-electron chi connectivity index (χ0n) is 15.5. The van der Waals surface area contributed by atoms with Gasteiger partial charge in [0, 0.05) is 5.56 Å². The Morgan fingerprint density at radius 3 is 2.61 bits per heavy atom. The molecule has 0 aromatic heterocycles. The number of carbonyl (C=O) groups excluding carboxylic acids is 1. The van der Waals surface area contributed by atoms with E-state index in [0.29, 0.717) is 5.69 Å². The highest BCUT2D eigenvalue weighted by atomic mass is 32.1. The van der Waals surface area contributed by atoms with Crippen molar-refractivity contribution < 1.29 is 23.0 Å². The maximum absolute atomic E-state index is 12.9. The van der Waals surface area contributed by atoms with Crippen molar-refractivity contribution >= 4 is 35.0 Å². The Hall–Kier alpha value is -3.00. The molecular weight excluding hydrogens is 386 g/mol. The fourth-order valence-electron chi connectivity index (χ4n) is 2.99. The fraction of sp³-hybridized carbons (Fsp3) is 0.200. The number of nitrogens with one attached hydrogen (secondary N) is 1. The van der Waals surface area contributed by atoms with E-state index in [9.17, 15) is 13.6 Å². The molecule has 3 rings (SSSR count). The van der Waals surface area contributed by atoms with Crippen molar-refractivity contribution in [1.82, 2.24) is 5.32 Å². The van der Waals surface area contributed by atoms with E-state index < -0.39 is 6.61 Å². The largest absolute Gasteiger partial charge is 0.493 e. The molecule has 0 radical (unpaired) electrons. The number of halogens is 2. The van der Waals surface area contributed by atoms with E-state index in [0.717, 1.165) is 11.1 Å². The lowest BCUT2D eigenvalue weighted by atomic mass is 10.1. The predicted molar refractivity (Wildman–Crippen MR) is 107 cm³/mol. The summed E-state index contributed by atoms with van der Waals surface area (Å²) in [6, 6.07) is 10.3. The molecule has 1 aliphatic heterocycles. The third-order valence-corrected chi connectivity index (χ3v) is 4.49. The lowest BCUT2D eigenvalue weighted by Gasteiger charge is -2.17. The van der Waals surface area contributed by atoms with Crippen LogP contribution in [0.3, 0.4) is 0 Å². The third-order valence-electron chi connectivity index (χ3n) is 4.21. The SMILES string of the molecule is COc1cccc(/C=C2\NC(=S)N(c3ccc(C)cc3C)C2=O)c1OC(F)F. The molecular formula is C20H18F2N2O3S. The summed E-state index contributed by atoms with van der Waals surface area (Å²) in [7, 11) is 1.35. The number of ether oxygens (including phenoxy) is 2. The number of carbonyl (C=O) groups is 1. The van der Waals surface area contributed by atoms with Gasteiger partial charge in [0.05, 0.1) is 12.8 Å². The number of hydrogen-bond acceptors (Lipinski definition) is 4. The molecule has 5 nitrogen and oxygen atoms in total. The molecule has 1 saturated heterocycles. The normalized spacial score (nSPS) is 15.4. The van der Waals surface area contributed by atoms with E-state index in [2.05, 4.69) is 10.1 Å². The summed E-state index contributed by atoms with van der Waals surface area (Å²) in [5, 5.41) is 3.06. The van der Waals surface area contributed by atoms with Crippen molar-refractivity contribution in [1.29, 1.82) is 0 Å². The summed E-state index contributed by atoms with van der Waals surface area (Å²) in [6.45, 7) is 0.808. The zero-order valence-corrected chi connectivity index (χ0v) is 16.3. The lowest BCUT2D eigenvalue weighted by Crippen LogP contribution is -2.30. The van der Waals surface area contributed by atoms with Crippen LogP contribution in [-0.4, -0.2) is 24.7 Å². The molecule has 0 aliphatic carbocycles. The van der Waals surface area contributed by atoms with Crippen molar-refractivity contribution in [2.45, 2.75) is 20.5 Å². The molecule has 1 aliphatic rings. The molecule has 0 unspecified atom stereocenters. The molecule has 0 bridgehead atoms. The maximum Gasteiger partial charge on any atom is 0.387 e. The number of benzene rings is 2. The number of para-hydroxylation sites is 1. The van der Waals surface area contributed by atoms with E-state index in [-0.39, 0.29) is 33.8 Å². The number of alkyl halides is 2. The van der Waals surface area contributed by atoms with Crippen LogP contribution in [0.1, 0.15) is 16.7 Å². The molecule has 8 heteroatoms. The van der Waals surface area contributed by atoms with Gasteiger partial charge in [-0.25, -0.2) is 0 Å². The van der Waals surface area contributed by atoms with E-state index in [1.54, 1.807) is 12.1 Å². The van der Waals surface area contributed by atoms with Crippen LogP contribution in [-0.2, 0) is 4.79 Å². The molecule has 2 aromatic rings. The number of anilines is 1. The average molecular weight is 404 g/mol. The Morgan fingerprint density at radius 1 is 1.21 bits per heavy atom. The smallest absolute Gasteiger partial charge is 0.387 e. The van der Waals surface area contributed by atoms with E-state index in [4.69, 9.17) is 17.0 Å². The van der Waals surface area contributed by atoms with Crippen LogP contribution < -0.4 is 19.7 Å².